The van der Waals surface area contributed by atoms with Crippen molar-refractivity contribution in [1.82, 2.24) is 0 Å². The molecule has 7 nitrogen and oxygen atoms in total. The summed E-state index contributed by atoms with van der Waals surface area (Å²) in [6, 6.07) is 12.7. The van der Waals surface area contributed by atoms with Gasteiger partial charge in [-0.25, -0.2) is 0 Å². The number of fused-ring (bicyclic) bond motifs is 2. The maximum Gasteiger partial charge on any atom is 0.305 e. The fourth-order valence-corrected chi connectivity index (χ4v) is 4.63. The molecule has 0 radical (unpaired) electrons. The van der Waals surface area contributed by atoms with E-state index in [1.165, 1.54) is 6.07 Å². The molecule has 28 heavy (non-hydrogen) atoms. The number of carboxylic acid groups (broad SMARTS) is 1. The number of rotatable bonds is 4. The number of ether oxygens (including phenoxy) is 1. The number of nitrogens with zero attached hydrogens (tertiary/aromatic N) is 2. The summed E-state index contributed by atoms with van der Waals surface area (Å²) < 4.78 is 6.57. The third kappa shape index (κ3) is 2.53. The third-order valence-corrected chi connectivity index (χ3v) is 6.10. The molecule has 2 aromatic carbocycles. The molecule has 7 heteroatoms. The smallest absolute Gasteiger partial charge is 0.305 e. The second-order valence-corrected chi connectivity index (χ2v) is 7.87. The molecular formula is C21H22N2O5. The molecule has 0 amide bonds. The molecule has 4 rings (SSSR count). The van der Waals surface area contributed by atoms with Gasteiger partial charge < -0.3 is 14.7 Å². The Hall–Kier alpha value is -3.09. The highest BCUT2D eigenvalue weighted by molar-refractivity contribution is 5.71. The molecule has 0 saturated heterocycles. The van der Waals surface area contributed by atoms with Gasteiger partial charge in [-0.3, -0.25) is 14.9 Å². The van der Waals surface area contributed by atoms with E-state index >= 15 is 0 Å². The van der Waals surface area contributed by atoms with Gasteiger partial charge in [-0.05, 0) is 38.0 Å². The molecule has 1 atom stereocenters. The van der Waals surface area contributed by atoms with Crippen molar-refractivity contribution in [2.75, 3.05) is 11.4 Å². The lowest BCUT2D eigenvalue weighted by atomic mass is 9.74. The number of benzene rings is 2. The van der Waals surface area contributed by atoms with Gasteiger partial charge in [0.15, 0.2) is 5.72 Å². The molecule has 2 aliphatic heterocycles. The molecule has 0 saturated carbocycles. The second kappa shape index (κ2) is 6.22. The largest absolute Gasteiger partial charge is 0.481 e. The van der Waals surface area contributed by atoms with Crippen LogP contribution in [0.25, 0.3) is 0 Å². The zero-order valence-corrected chi connectivity index (χ0v) is 15.8. The van der Waals surface area contributed by atoms with E-state index in [1.807, 2.05) is 18.2 Å². The van der Waals surface area contributed by atoms with E-state index in [0.29, 0.717) is 25.1 Å². The Morgan fingerprint density at radius 3 is 2.75 bits per heavy atom. The SMILES string of the molecule is CC1(C)c2ccccc2N(CCC(=O)O)[C@@]12CCc1cc([N+](=O)[O-])ccc1O2. The van der Waals surface area contributed by atoms with Gasteiger partial charge in [-0.1, -0.05) is 18.2 Å². The van der Waals surface area contributed by atoms with Crippen LogP contribution in [-0.4, -0.2) is 28.3 Å². The maximum absolute atomic E-state index is 11.3. The fraction of sp³-hybridized carbons (Fsp3) is 0.381. The predicted octanol–water partition coefficient (Wildman–Crippen LogP) is 3.89. The van der Waals surface area contributed by atoms with Crippen LogP contribution in [0.4, 0.5) is 11.4 Å². The van der Waals surface area contributed by atoms with E-state index in [0.717, 1.165) is 16.8 Å². The number of carbonyl (C=O) groups is 1. The molecule has 2 aromatic rings. The van der Waals surface area contributed by atoms with Gasteiger partial charge in [0.05, 0.1) is 16.8 Å². The Labute approximate surface area is 162 Å². The zero-order chi connectivity index (χ0) is 20.1. The summed E-state index contributed by atoms with van der Waals surface area (Å²) in [7, 11) is 0. The van der Waals surface area contributed by atoms with Crippen molar-refractivity contribution < 1.29 is 19.6 Å². The summed E-state index contributed by atoms with van der Waals surface area (Å²) in [4.78, 5) is 24.0. The normalized spacial score (nSPS) is 21.7. The number of nitro groups is 1. The number of aliphatic carboxylic acids is 1. The topological polar surface area (TPSA) is 92.9 Å². The van der Waals surface area contributed by atoms with Crippen molar-refractivity contribution >= 4 is 17.3 Å². The third-order valence-electron chi connectivity index (χ3n) is 6.10. The van der Waals surface area contributed by atoms with Crippen LogP contribution in [0.1, 0.15) is 37.8 Å². The van der Waals surface area contributed by atoms with Crippen LogP contribution in [0.5, 0.6) is 5.75 Å². The average molecular weight is 382 g/mol. The Balaban J connectivity index is 1.80. The van der Waals surface area contributed by atoms with Crippen LogP contribution >= 0.6 is 0 Å². The Bertz CT molecular complexity index is 971. The molecule has 1 spiro atoms. The number of anilines is 1. The van der Waals surface area contributed by atoms with Gasteiger partial charge in [-0.15, -0.1) is 0 Å². The lowest BCUT2D eigenvalue weighted by molar-refractivity contribution is -0.385. The Morgan fingerprint density at radius 1 is 1.29 bits per heavy atom. The summed E-state index contributed by atoms with van der Waals surface area (Å²) in [5, 5.41) is 20.3. The van der Waals surface area contributed by atoms with Gasteiger partial charge in [0.1, 0.15) is 5.75 Å². The number of aryl methyl sites for hydroxylation is 1. The highest BCUT2D eigenvalue weighted by Crippen LogP contribution is 2.56. The molecule has 0 bridgehead atoms. The van der Waals surface area contributed by atoms with Crippen LogP contribution in [0.2, 0.25) is 0 Å². The second-order valence-electron chi connectivity index (χ2n) is 7.87. The first kappa shape index (κ1) is 18.3. The van der Waals surface area contributed by atoms with Crippen molar-refractivity contribution in [2.45, 2.75) is 44.2 Å². The van der Waals surface area contributed by atoms with E-state index < -0.39 is 16.6 Å². The van der Waals surface area contributed by atoms with Crippen LogP contribution in [-0.2, 0) is 16.6 Å². The minimum atomic E-state index is -0.857. The molecule has 0 fully saturated rings. The standard InChI is InChI=1S/C21H22N2O5/c1-20(2)16-5-3-4-6-17(16)22(12-10-19(24)25)21(20)11-9-14-13-15(23(26)27)7-8-18(14)28-21/h3-8,13H,9-12H2,1-2H3,(H,24,25)/t21-/m1/s1. The van der Waals surface area contributed by atoms with Crippen LogP contribution in [0.3, 0.4) is 0 Å². The van der Waals surface area contributed by atoms with E-state index in [2.05, 4.69) is 24.8 Å². The quantitative estimate of drug-likeness (QED) is 0.637. The number of hydrogen-bond acceptors (Lipinski definition) is 5. The zero-order valence-electron chi connectivity index (χ0n) is 15.8. The van der Waals surface area contributed by atoms with Gasteiger partial charge >= 0.3 is 5.97 Å². The minimum absolute atomic E-state index is 0.00262. The molecular weight excluding hydrogens is 360 g/mol. The number of carboxylic acids is 1. The van der Waals surface area contributed by atoms with Crippen LogP contribution in [0, 0.1) is 10.1 Å². The molecule has 2 aliphatic rings. The molecule has 0 aliphatic carbocycles. The monoisotopic (exact) mass is 382 g/mol. The van der Waals surface area contributed by atoms with E-state index in [4.69, 9.17) is 4.74 Å². The van der Waals surface area contributed by atoms with E-state index in [1.54, 1.807) is 12.1 Å². The number of hydrogen-bond donors (Lipinski definition) is 1. The Morgan fingerprint density at radius 2 is 2.04 bits per heavy atom. The van der Waals surface area contributed by atoms with Crippen LogP contribution in [0.15, 0.2) is 42.5 Å². The lowest BCUT2D eigenvalue weighted by Gasteiger charge is -2.49. The predicted molar refractivity (Wildman–Crippen MR) is 104 cm³/mol. The molecule has 0 aromatic heterocycles. The number of nitro benzene ring substituents is 1. The lowest BCUT2D eigenvalue weighted by Crippen LogP contribution is -2.62. The van der Waals surface area contributed by atoms with Gasteiger partial charge in [0.2, 0.25) is 0 Å². The average Bonchev–Trinajstić information content (AvgIpc) is 2.84. The number of non-ortho nitro benzene ring substituents is 1. The van der Waals surface area contributed by atoms with Crippen molar-refractivity contribution in [3.05, 3.63) is 63.7 Å². The summed E-state index contributed by atoms with van der Waals surface area (Å²) >= 11 is 0. The summed E-state index contributed by atoms with van der Waals surface area (Å²) in [6.07, 6.45) is 1.24. The molecule has 1 N–H and O–H groups in total. The first-order valence-corrected chi connectivity index (χ1v) is 9.31. The first-order chi connectivity index (χ1) is 13.3. The molecule has 0 unspecified atom stereocenters. The van der Waals surface area contributed by atoms with E-state index in [9.17, 15) is 20.0 Å². The minimum Gasteiger partial charge on any atom is -0.481 e. The number of para-hydroxylation sites is 1. The van der Waals surface area contributed by atoms with E-state index in [-0.39, 0.29) is 17.5 Å². The van der Waals surface area contributed by atoms with Gasteiger partial charge in [-0.2, -0.15) is 0 Å². The summed E-state index contributed by atoms with van der Waals surface area (Å²) in [5.74, 6) is -0.234. The van der Waals surface area contributed by atoms with Crippen molar-refractivity contribution in [2.24, 2.45) is 0 Å². The highest BCUT2D eigenvalue weighted by atomic mass is 16.6. The van der Waals surface area contributed by atoms with Crippen molar-refractivity contribution in [1.29, 1.82) is 0 Å². The van der Waals surface area contributed by atoms with Crippen LogP contribution < -0.4 is 9.64 Å². The molecule has 2 heterocycles. The summed E-state index contributed by atoms with van der Waals surface area (Å²) in [5.41, 5.74) is 1.83. The summed E-state index contributed by atoms with van der Waals surface area (Å²) in [6.45, 7) is 4.56. The van der Waals surface area contributed by atoms with Crippen molar-refractivity contribution in [3.63, 3.8) is 0 Å². The fourth-order valence-electron chi connectivity index (χ4n) is 4.63. The first-order valence-electron chi connectivity index (χ1n) is 9.31. The van der Waals surface area contributed by atoms with Gasteiger partial charge in [0.25, 0.3) is 5.69 Å². The van der Waals surface area contributed by atoms with Crippen molar-refractivity contribution in [3.8, 4) is 5.75 Å². The molecule has 146 valence electrons. The van der Waals surface area contributed by atoms with Gasteiger partial charge in [0, 0.05) is 36.3 Å². The Kier molecular flexibility index (Phi) is 4.06. The highest BCUT2D eigenvalue weighted by Gasteiger charge is 2.59. The maximum atomic E-state index is 11.3.